The molecule has 0 heterocycles. The molecule has 1 atom stereocenters. The fourth-order valence-corrected chi connectivity index (χ4v) is 2.36. The van der Waals surface area contributed by atoms with Crippen LogP contribution in [0.1, 0.15) is 37.4 Å². The third-order valence-electron chi connectivity index (χ3n) is 3.42. The van der Waals surface area contributed by atoms with Crippen LogP contribution in [0, 0.1) is 0 Å². The van der Waals surface area contributed by atoms with Crippen LogP contribution in [0.4, 0.5) is 0 Å². The van der Waals surface area contributed by atoms with Gasteiger partial charge in [0.05, 0.1) is 6.61 Å². The number of hydrogen-bond acceptors (Lipinski definition) is 2. The fraction of sp³-hybridized carbons (Fsp3) is 0.333. The second-order valence-corrected chi connectivity index (χ2v) is 4.79. The molecule has 0 aliphatic heterocycles. The zero-order valence-corrected chi connectivity index (χ0v) is 12.3. The first-order chi connectivity index (χ1) is 9.85. The molecule has 0 bridgehead atoms. The molecule has 1 N–H and O–H groups in total. The van der Waals surface area contributed by atoms with Crippen molar-refractivity contribution in [2.45, 2.75) is 32.9 Å². The van der Waals surface area contributed by atoms with Gasteiger partial charge < -0.3 is 10.1 Å². The van der Waals surface area contributed by atoms with E-state index in [2.05, 4.69) is 54.7 Å². The number of hydrogen-bond donors (Lipinski definition) is 1. The molecule has 0 amide bonds. The topological polar surface area (TPSA) is 21.3 Å². The molecule has 106 valence electrons. The van der Waals surface area contributed by atoms with Crippen molar-refractivity contribution in [2.24, 2.45) is 0 Å². The first kappa shape index (κ1) is 14.6. The van der Waals surface area contributed by atoms with Crippen molar-refractivity contribution in [3.05, 3.63) is 65.7 Å². The highest BCUT2D eigenvalue weighted by Gasteiger charge is 2.09. The molecule has 2 aromatic rings. The van der Waals surface area contributed by atoms with Gasteiger partial charge in [-0.25, -0.2) is 0 Å². The van der Waals surface area contributed by atoms with Crippen LogP contribution in [0.3, 0.4) is 0 Å². The quantitative estimate of drug-likeness (QED) is 0.808. The van der Waals surface area contributed by atoms with Crippen molar-refractivity contribution in [1.82, 2.24) is 5.32 Å². The molecular weight excluding hydrogens is 246 g/mol. The zero-order chi connectivity index (χ0) is 14.2. The van der Waals surface area contributed by atoms with Gasteiger partial charge in [-0.1, -0.05) is 55.5 Å². The Balaban J connectivity index is 2.04. The van der Waals surface area contributed by atoms with Crippen LogP contribution < -0.4 is 10.1 Å². The van der Waals surface area contributed by atoms with Gasteiger partial charge in [0, 0.05) is 18.2 Å². The van der Waals surface area contributed by atoms with Crippen molar-refractivity contribution in [2.75, 3.05) is 6.61 Å². The summed E-state index contributed by atoms with van der Waals surface area (Å²) < 4.78 is 5.67. The third kappa shape index (κ3) is 3.84. The highest BCUT2D eigenvalue weighted by atomic mass is 16.5. The second kappa shape index (κ2) is 7.71. The lowest BCUT2D eigenvalue weighted by Crippen LogP contribution is -2.20. The van der Waals surface area contributed by atoms with Crippen LogP contribution in [0.2, 0.25) is 0 Å². The van der Waals surface area contributed by atoms with E-state index >= 15 is 0 Å². The molecule has 0 spiro atoms. The fourth-order valence-electron chi connectivity index (χ4n) is 2.36. The highest BCUT2D eigenvalue weighted by molar-refractivity contribution is 5.33. The Morgan fingerprint density at radius 3 is 2.35 bits per heavy atom. The Labute approximate surface area is 121 Å². The molecule has 0 saturated carbocycles. The van der Waals surface area contributed by atoms with Crippen LogP contribution in [-0.2, 0) is 6.54 Å². The van der Waals surface area contributed by atoms with E-state index in [1.54, 1.807) is 0 Å². The van der Waals surface area contributed by atoms with E-state index in [1.165, 1.54) is 11.1 Å². The van der Waals surface area contributed by atoms with Crippen molar-refractivity contribution in [3.8, 4) is 5.75 Å². The summed E-state index contributed by atoms with van der Waals surface area (Å²) in [7, 11) is 0. The third-order valence-corrected chi connectivity index (χ3v) is 3.42. The van der Waals surface area contributed by atoms with E-state index in [9.17, 15) is 0 Å². The molecule has 1 unspecified atom stereocenters. The van der Waals surface area contributed by atoms with E-state index in [1.807, 2.05) is 19.1 Å². The molecule has 2 rings (SSSR count). The smallest absolute Gasteiger partial charge is 0.123 e. The first-order valence-electron chi connectivity index (χ1n) is 7.34. The molecule has 0 fully saturated rings. The van der Waals surface area contributed by atoms with Crippen molar-refractivity contribution in [1.29, 1.82) is 0 Å². The van der Waals surface area contributed by atoms with Crippen LogP contribution in [0.5, 0.6) is 5.75 Å². The van der Waals surface area contributed by atoms with Crippen LogP contribution >= 0.6 is 0 Å². The summed E-state index contributed by atoms with van der Waals surface area (Å²) in [5.41, 5.74) is 2.55. The minimum Gasteiger partial charge on any atom is -0.494 e. The Morgan fingerprint density at radius 1 is 0.950 bits per heavy atom. The minimum absolute atomic E-state index is 0.380. The molecule has 2 heteroatoms. The van der Waals surface area contributed by atoms with Crippen molar-refractivity contribution in [3.63, 3.8) is 0 Å². The van der Waals surface area contributed by atoms with Crippen LogP contribution in [0.25, 0.3) is 0 Å². The maximum absolute atomic E-state index is 5.67. The Bertz CT molecular complexity index is 510. The van der Waals surface area contributed by atoms with Gasteiger partial charge in [0.25, 0.3) is 0 Å². The molecule has 0 radical (unpaired) electrons. The largest absolute Gasteiger partial charge is 0.494 e. The molecular formula is C18H23NO. The van der Waals surface area contributed by atoms with Gasteiger partial charge in [-0.05, 0) is 25.0 Å². The standard InChI is InChI=1S/C18H23NO/c1-3-17(15-10-6-5-7-11-15)19-14-16-12-8-9-13-18(16)20-4-2/h5-13,17,19H,3-4,14H2,1-2H3. The zero-order valence-electron chi connectivity index (χ0n) is 12.3. The molecule has 2 aromatic carbocycles. The number of ether oxygens (including phenoxy) is 1. The first-order valence-corrected chi connectivity index (χ1v) is 7.34. The molecule has 2 nitrogen and oxygen atoms in total. The lowest BCUT2D eigenvalue weighted by molar-refractivity contribution is 0.334. The van der Waals surface area contributed by atoms with Gasteiger partial charge in [-0.2, -0.15) is 0 Å². The van der Waals surface area contributed by atoms with Crippen molar-refractivity contribution < 1.29 is 4.74 Å². The molecule has 0 aromatic heterocycles. The SMILES string of the molecule is CCOc1ccccc1CNC(CC)c1ccccc1. The van der Waals surface area contributed by atoms with Gasteiger partial charge in [0.1, 0.15) is 5.75 Å². The lowest BCUT2D eigenvalue weighted by Gasteiger charge is -2.18. The summed E-state index contributed by atoms with van der Waals surface area (Å²) in [4.78, 5) is 0. The van der Waals surface area contributed by atoms with Crippen LogP contribution in [-0.4, -0.2) is 6.61 Å². The predicted molar refractivity (Wildman–Crippen MR) is 83.9 cm³/mol. The summed E-state index contributed by atoms with van der Waals surface area (Å²) in [5.74, 6) is 0.977. The van der Waals surface area contributed by atoms with Crippen molar-refractivity contribution >= 4 is 0 Å². The molecule has 0 saturated heterocycles. The van der Waals surface area contributed by atoms with E-state index in [-0.39, 0.29) is 0 Å². The van der Waals surface area contributed by atoms with Gasteiger partial charge in [-0.15, -0.1) is 0 Å². The summed E-state index contributed by atoms with van der Waals surface area (Å²) >= 11 is 0. The predicted octanol–water partition coefficient (Wildman–Crippen LogP) is 4.33. The summed E-state index contributed by atoms with van der Waals surface area (Å²) in [6, 6.07) is 19.2. The Morgan fingerprint density at radius 2 is 1.65 bits per heavy atom. The van der Waals surface area contributed by atoms with E-state index in [0.717, 1.165) is 18.7 Å². The molecule has 0 aliphatic carbocycles. The average Bonchev–Trinajstić information content (AvgIpc) is 2.51. The lowest BCUT2D eigenvalue weighted by atomic mass is 10.0. The van der Waals surface area contributed by atoms with Gasteiger partial charge in [-0.3, -0.25) is 0 Å². The normalized spacial score (nSPS) is 12.1. The summed E-state index contributed by atoms with van der Waals surface area (Å²) in [5, 5.41) is 3.62. The molecule has 20 heavy (non-hydrogen) atoms. The monoisotopic (exact) mass is 269 g/mol. The summed E-state index contributed by atoms with van der Waals surface area (Å²) in [6.07, 6.45) is 1.07. The van der Waals surface area contributed by atoms with E-state index < -0.39 is 0 Å². The Kier molecular flexibility index (Phi) is 5.63. The summed E-state index contributed by atoms with van der Waals surface area (Å²) in [6.45, 7) is 5.75. The van der Waals surface area contributed by atoms with Gasteiger partial charge in [0.15, 0.2) is 0 Å². The number of rotatable bonds is 7. The average molecular weight is 269 g/mol. The minimum atomic E-state index is 0.380. The number of nitrogens with one attached hydrogen (secondary N) is 1. The second-order valence-electron chi connectivity index (χ2n) is 4.79. The van der Waals surface area contributed by atoms with E-state index in [0.29, 0.717) is 12.6 Å². The van der Waals surface area contributed by atoms with Gasteiger partial charge in [0.2, 0.25) is 0 Å². The van der Waals surface area contributed by atoms with E-state index in [4.69, 9.17) is 4.74 Å². The number of para-hydroxylation sites is 1. The Hall–Kier alpha value is -1.80. The highest BCUT2D eigenvalue weighted by Crippen LogP contribution is 2.21. The molecule has 0 aliphatic rings. The van der Waals surface area contributed by atoms with Crippen LogP contribution in [0.15, 0.2) is 54.6 Å². The maximum atomic E-state index is 5.67. The van der Waals surface area contributed by atoms with Gasteiger partial charge >= 0.3 is 0 Å². The number of benzene rings is 2. The maximum Gasteiger partial charge on any atom is 0.123 e.